The van der Waals surface area contributed by atoms with E-state index in [-0.39, 0.29) is 23.0 Å². The molecule has 8 rings (SSSR count). The van der Waals surface area contributed by atoms with Gasteiger partial charge in [0.1, 0.15) is 47.7 Å². The molecule has 0 spiro atoms. The van der Waals surface area contributed by atoms with E-state index in [2.05, 4.69) is 9.97 Å². The first-order valence-electron chi connectivity index (χ1n) is 21.8. The molecule has 0 aliphatic rings. The summed E-state index contributed by atoms with van der Waals surface area (Å²) in [4.78, 5) is 28.1. The maximum Gasteiger partial charge on any atom is 0.164 e. The van der Waals surface area contributed by atoms with Gasteiger partial charge < -0.3 is 48.8 Å². The van der Waals surface area contributed by atoms with Gasteiger partial charge in [0, 0.05) is 33.4 Å². The highest BCUT2D eigenvalue weighted by Crippen LogP contribution is 2.30. The van der Waals surface area contributed by atoms with Crippen molar-refractivity contribution in [3.8, 4) is 103 Å². The molecule has 2 heterocycles. The van der Waals surface area contributed by atoms with Crippen molar-refractivity contribution >= 4 is 0 Å². The van der Waals surface area contributed by atoms with Crippen LogP contribution in [0.3, 0.4) is 0 Å². The Morgan fingerprint density at radius 1 is 0.235 bits per heavy atom. The largest absolute Gasteiger partial charge is 0.508 e. The Kier molecular flexibility index (Phi) is 16.0. The summed E-state index contributed by atoms with van der Waals surface area (Å²) in [5.41, 5.74) is 4.41. The van der Waals surface area contributed by atoms with Crippen LogP contribution in [-0.4, -0.2) is 116 Å². The van der Waals surface area contributed by atoms with Gasteiger partial charge in [-0.25, -0.2) is 29.9 Å². The standard InChI is InChI=1S/C52H48N6O10/c59-41-13-1-35(2-14-41)47-53-48(36-3-15-42(60)16-4-36)56-51(55-47)39-9-21-45(22-10-39)67-33-31-65-29-27-63-25-26-64-28-30-66-32-34-68-46-23-11-40(12-24-46)52-57-49(37-5-17-43(61)18-6-37)54-50(58-52)38-7-19-44(62)20-8-38/h1-24,59-62H,25-34H2. The average Bonchev–Trinajstić information content (AvgIpc) is 3.37. The summed E-state index contributed by atoms with van der Waals surface area (Å²) in [7, 11) is 0. The summed E-state index contributed by atoms with van der Waals surface area (Å²) in [6.07, 6.45) is 0. The van der Waals surface area contributed by atoms with Crippen molar-refractivity contribution in [3.63, 3.8) is 0 Å². The molecular weight excluding hydrogens is 869 g/mol. The lowest BCUT2D eigenvalue weighted by atomic mass is 10.1. The summed E-state index contributed by atoms with van der Waals surface area (Å²) in [6, 6.07) is 41.5. The lowest BCUT2D eigenvalue weighted by Gasteiger charge is -2.10. The predicted molar refractivity (Wildman–Crippen MR) is 253 cm³/mol. The van der Waals surface area contributed by atoms with Gasteiger partial charge in [-0.2, -0.15) is 0 Å². The quantitative estimate of drug-likeness (QED) is 0.0443. The van der Waals surface area contributed by atoms with Crippen LogP contribution in [0.2, 0.25) is 0 Å². The van der Waals surface area contributed by atoms with Crippen LogP contribution in [-0.2, 0) is 18.9 Å². The van der Waals surface area contributed by atoms with Crippen LogP contribution in [0.1, 0.15) is 0 Å². The fourth-order valence-corrected chi connectivity index (χ4v) is 6.57. The van der Waals surface area contributed by atoms with Crippen molar-refractivity contribution in [1.82, 2.24) is 29.9 Å². The molecule has 0 aliphatic carbocycles. The third kappa shape index (κ3) is 13.3. The Labute approximate surface area is 392 Å². The first-order chi connectivity index (χ1) is 33.3. The topological polar surface area (TPSA) is 214 Å². The first-order valence-corrected chi connectivity index (χ1v) is 21.8. The van der Waals surface area contributed by atoms with E-state index < -0.39 is 0 Å². The number of aromatic hydroxyl groups is 4. The Hall–Kier alpha value is -8.02. The van der Waals surface area contributed by atoms with E-state index in [1.54, 1.807) is 97.1 Å². The van der Waals surface area contributed by atoms with Gasteiger partial charge in [0.2, 0.25) is 0 Å². The Morgan fingerprint density at radius 3 is 0.618 bits per heavy atom. The number of ether oxygens (including phenoxy) is 6. The van der Waals surface area contributed by atoms with Gasteiger partial charge in [-0.3, -0.25) is 0 Å². The average molecular weight is 917 g/mol. The monoisotopic (exact) mass is 916 g/mol. The third-order valence-electron chi connectivity index (χ3n) is 10.1. The number of phenolic OH excluding ortho intramolecular Hbond substituents is 4. The van der Waals surface area contributed by atoms with Crippen LogP contribution in [0.15, 0.2) is 146 Å². The summed E-state index contributed by atoms with van der Waals surface area (Å²) < 4.78 is 34.3. The molecule has 0 saturated heterocycles. The maximum absolute atomic E-state index is 9.77. The van der Waals surface area contributed by atoms with Crippen molar-refractivity contribution in [2.75, 3.05) is 66.1 Å². The van der Waals surface area contributed by atoms with Gasteiger partial charge in [0.15, 0.2) is 34.9 Å². The molecule has 8 aromatic rings. The van der Waals surface area contributed by atoms with Crippen LogP contribution < -0.4 is 9.47 Å². The van der Waals surface area contributed by atoms with Crippen LogP contribution in [0.4, 0.5) is 0 Å². The SMILES string of the molecule is Oc1ccc(-c2nc(-c3ccc(O)cc3)nc(-c3ccc(OCCOCCOCCOCCOCCOc4ccc(-c5nc(-c6ccc(O)cc6)nc(-c6ccc(O)cc6)n5)cc4)cc3)n2)cc1. The van der Waals surface area contributed by atoms with Crippen LogP contribution >= 0.6 is 0 Å². The summed E-state index contributed by atoms with van der Waals surface area (Å²) in [5.74, 6) is 4.64. The molecule has 2 aromatic heterocycles. The molecule has 0 saturated carbocycles. The number of nitrogens with zero attached hydrogens (tertiary/aromatic N) is 6. The van der Waals surface area contributed by atoms with Crippen molar-refractivity contribution in [1.29, 1.82) is 0 Å². The molecule has 0 unspecified atom stereocenters. The Bertz CT molecular complexity index is 2490. The molecule has 0 fully saturated rings. The minimum atomic E-state index is 0.144. The third-order valence-corrected chi connectivity index (χ3v) is 10.1. The van der Waals surface area contributed by atoms with E-state index in [9.17, 15) is 20.4 Å². The Morgan fingerprint density at radius 2 is 0.412 bits per heavy atom. The predicted octanol–water partition coefficient (Wildman–Crippen LogP) is 8.41. The molecular formula is C52H48N6O10. The minimum absolute atomic E-state index is 0.144. The van der Waals surface area contributed by atoms with Gasteiger partial charge in [0.05, 0.1) is 52.9 Å². The lowest BCUT2D eigenvalue weighted by molar-refractivity contribution is -0.00698. The molecule has 346 valence electrons. The van der Waals surface area contributed by atoms with E-state index in [4.69, 9.17) is 48.4 Å². The highest BCUT2D eigenvalue weighted by molar-refractivity contribution is 5.69. The summed E-state index contributed by atoms with van der Waals surface area (Å²) >= 11 is 0. The zero-order valence-electron chi connectivity index (χ0n) is 36.8. The van der Waals surface area contributed by atoms with E-state index in [0.717, 1.165) is 33.4 Å². The number of rotatable bonds is 23. The smallest absolute Gasteiger partial charge is 0.164 e. The van der Waals surface area contributed by atoms with Gasteiger partial charge in [0.25, 0.3) is 0 Å². The van der Waals surface area contributed by atoms with E-state index in [1.807, 2.05) is 48.5 Å². The van der Waals surface area contributed by atoms with Crippen LogP contribution in [0.25, 0.3) is 68.3 Å². The molecule has 0 amide bonds. The zero-order valence-corrected chi connectivity index (χ0v) is 36.8. The number of hydrogen-bond acceptors (Lipinski definition) is 16. The van der Waals surface area contributed by atoms with E-state index >= 15 is 0 Å². The maximum atomic E-state index is 9.77. The summed E-state index contributed by atoms with van der Waals surface area (Å²) in [5, 5.41) is 39.1. The van der Waals surface area contributed by atoms with Gasteiger partial charge in [-0.05, 0) is 146 Å². The van der Waals surface area contributed by atoms with E-state index in [1.165, 1.54) is 0 Å². The van der Waals surface area contributed by atoms with Crippen molar-refractivity contribution in [3.05, 3.63) is 146 Å². The molecule has 16 heteroatoms. The highest BCUT2D eigenvalue weighted by Gasteiger charge is 2.15. The van der Waals surface area contributed by atoms with Crippen LogP contribution in [0.5, 0.6) is 34.5 Å². The molecule has 4 N–H and O–H groups in total. The fourth-order valence-electron chi connectivity index (χ4n) is 6.57. The van der Waals surface area contributed by atoms with Crippen molar-refractivity contribution < 1.29 is 48.8 Å². The van der Waals surface area contributed by atoms with Crippen LogP contribution in [0, 0.1) is 0 Å². The number of benzene rings is 6. The summed E-state index contributed by atoms with van der Waals surface area (Å²) in [6.45, 7) is 4.05. The van der Waals surface area contributed by atoms with Crippen molar-refractivity contribution in [2.24, 2.45) is 0 Å². The normalized spacial score (nSPS) is 11.1. The molecule has 16 nitrogen and oxygen atoms in total. The number of phenols is 4. The van der Waals surface area contributed by atoms with Gasteiger partial charge in [-0.1, -0.05) is 0 Å². The Balaban J connectivity index is 0.678. The lowest BCUT2D eigenvalue weighted by Crippen LogP contribution is -2.14. The second-order valence-corrected chi connectivity index (χ2v) is 15.0. The second kappa shape index (κ2) is 23.4. The zero-order chi connectivity index (χ0) is 46.9. The molecule has 68 heavy (non-hydrogen) atoms. The molecule has 6 aromatic carbocycles. The van der Waals surface area contributed by atoms with Gasteiger partial charge in [-0.15, -0.1) is 0 Å². The molecule has 0 radical (unpaired) electrons. The molecule has 0 bridgehead atoms. The number of aromatic nitrogens is 6. The highest BCUT2D eigenvalue weighted by atomic mass is 16.6. The second-order valence-electron chi connectivity index (χ2n) is 15.0. The molecule has 0 aliphatic heterocycles. The van der Waals surface area contributed by atoms with Gasteiger partial charge >= 0.3 is 0 Å². The molecule has 0 atom stereocenters. The van der Waals surface area contributed by atoms with Crippen molar-refractivity contribution in [2.45, 2.75) is 0 Å². The fraction of sp³-hybridized carbons (Fsp3) is 0.192. The van der Waals surface area contributed by atoms with E-state index in [0.29, 0.717) is 113 Å². The minimum Gasteiger partial charge on any atom is -0.508 e. The first kappa shape index (κ1) is 46.5. The number of hydrogen-bond donors (Lipinski definition) is 4.